The van der Waals surface area contributed by atoms with Crippen molar-refractivity contribution in [2.75, 3.05) is 0 Å². The number of hydrogen-bond donors (Lipinski definition) is 0. The summed E-state index contributed by atoms with van der Waals surface area (Å²) in [4.78, 5) is 7.51. The molecule has 2 rings (SSSR count). The first-order valence-corrected chi connectivity index (χ1v) is 3.53. The second-order valence-corrected chi connectivity index (χ2v) is 2.33. The molecular weight excluding hydrogens is 176 g/mol. The SMILES string of the molecule is S=C(n1cncn1)n1cncn1. The Morgan fingerprint density at radius 2 is 1.50 bits per heavy atom. The third-order valence-electron chi connectivity index (χ3n) is 1.23. The van der Waals surface area contributed by atoms with Crippen molar-refractivity contribution in [3.8, 4) is 0 Å². The third-order valence-corrected chi connectivity index (χ3v) is 1.60. The summed E-state index contributed by atoms with van der Waals surface area (Å²) in [5.74, 6) is 0. The lowest BCUT2D eigenvalue weighted by atomic mass is 11.0. The maximum Gasteiger partial charge on any atom is 0.224 e. The van der Waals surface area contributed by atoms with E-state index in [1.807, 2.05) is 0 Å². The highest BCUT2D eigenvalue weighted by molar-refractivity contribution is 7.80. The van der Waals surface area contributed by atoms with Gasteiger partial charge in [0.25, 0.3) is 0 Å². The molecule has 0 radical (unpaired) electrons. The number of nitrogens with zero attached hydrogens (tertiary/aromatic N) is 6. The average molecular weight is 180 g/mol. The van der Waals surface area contributed by atoms with Crippen LogP contribution in [-0.4, -0.2) is 34.6 Å². The Hall–Kier alpha value is -1.63. The van der Waals surface area contributed by atoms with Crippen molar-refractivity contribution < 1.29 is 0 Å². The van der Waals surface area contributed by atoms with Crippen molar-refractivity contribution >= 4 is 17.3 Å². The van der Waals surface area contributed by atoms with E-state index < -0.39 is 0 Å². The predicted octanol–water partition coefficient (Wildman–Crippen LogP) is -0.449. The molecule has 0 spiro atoms. The molecule has 0 aliphatic heterocycles. The Kier molecular flexibility index (Phi) is 1.63. The van der Waals surface area contributed by atoms with Crippen LogP contribution in [0.2, 0.25) is 0 Å². The van der Waals surface area contributed by atoms with E-state index in [1.54, 1.807) is 0 Å². The van der Waals surface area contributed by atoms with Crippen molar-refractivity contribution in [2.24, 2.45) is 0 Å². The highest BCUT2D eigenvalue weighted by atomic mass is 32.1. The van der Waals surface area contributed by atoms with Crippen LogP contribution in [-0.2, 0) is 0 Å². The molecule has 0 saturated heterocycles. The number of thiocarbonyl (C=S) groups is 1. The van der Waals surface area contributed by atoms with E-state index in [9.17, 15) is 0 Å². The molecule has 60 valence electrons. The lowest BCUT2D eigenvalue weighted by molar-refractivity contribution is 0.837. The summed E-state index contributed by atoms with van der Waals surface area (Å²) in [7, 11) is 0. The molecule has 0 aliphatic carbocycles. The molecule has 0 bridgehead atoms. The molecule has 2 heterocycles. The van der Waals surface area contributed by atoms with Crippen molar-refractivity contribution in [3.05, 3.63) is 25.3 Å². The highest BCUT2D eigenvalue weighted by Gasteiger charge is 2.02. The van der Waals surface area contributed by atoms with Gasteiger partial charge in [-0.15, -0.1) is 0 Å². The van der Waals surface area contributed by atoms with Gasteiger partial charge in [-0.05, 0) is 12.2 Å². The summed E-state index contributed by atoms with van der Waals surface area (Å²) >= 11 is 5.02. The zero-order valence-corrected chi connectivity index (χ0v) is 6.72. The maximum atomic E-state index is 5.02. The van der Waals surface area contributed by atoms with Crippen molar-refractivity contribution in [3.63, 3.8) is 0 Å². The highest BCUT2D eigenvalue weighted by Crippen LogP contribution is 1.86. The summed E-state index contributed by atoms with van der Waals surface area (Å²) < 4.78 is 2.87. The molecule has 0 fully saturated rings. The Balaban J connectivity index is 2.34. The van der Waals surface area contributed by atoms with Crippen molar-refractivity contribution in [1.29, 1.82) is 0 Å². The number of aromatic nitrogens is 6. The summed E-state index contributed by atoms with van der Waals surface area (Å²) in [5.41, 5.74) is 0. The molecule has 6 nitrogen and oxygen atoms in total. The summed E-state index contributed by atoms with van der Waals surface area (Å²) in [6.45, 7) is 0. The number of hydrogen-bond acceptors (Lipinski definition) is 5. The van der Waals surface area contributed by atoms with Crippen molar-refractivity contribution in [2.45, 2.75) is 0 Å². The quantitative estimate of drug-likeness (QED) is 0.514. The van der Waals surface area contributed by atoms with Crippen LogP contribution in [0.1, 0.15) is 0 Å². The summed E-state index contributed by atoms with van der Waals surface area (Å²) in [6.07, 6.45) is 5.82. The molecule has 0 aliphatic rings. The zero-order valence-electron chi connectivity index (χ0n) is 5.90. The minimum atomic E-state index is 0.421. The smallest absolute Gasteiger partial charge is 0.223 e. The molecule has 0 saturated carbocycles. The van der Waals surface area contributed by atoms with E-state index in [4.69, 9.17) is 12.2 Å². The fraction of sp³-hybridized carbons (Fsp3) is 0. The first-order valence-electron chi connectivity index (χ1n) is 3.12. The van der Waals surface area contributed by atoms with Crippen LogP contribution in [0.3, 0.4) is 0 Å². The molecule has 7 heteroatoms. The van der Waals surface area contributed by atoms with E-state index in [1.165, 1.54) is 34.7 Å². The van der Waals surface area contributed by atoms with Crippen LogP contribution in [0.5, 0.6) is 0 Å². The monoisotopic (exact) mass is 180 g/mol. The van der Waals surface area contributed by atoms with Gasteiger partial charge in [-0.2, -0.15) is 19.6 Å². The molecule has 2 aromatic rings. The Morgan fingerprint density at radius 1 is 1.00 bits per heavy atom. The van der Waals surface area contributed by atoms with Crippen molar-refractivity contribution in [1.82, 2.24) is 29.5 Å². The van der Waals surface area contributed by atoms with Crippen LogP contribution >= 0.6 is 12.2 Å². The predicted molar refractivity (Wildman–Crippen MR) is 43.4 cm³/mol. The third kappa shape index (κ3) is 1.10. The molecule has 0 atom stereocenters. The normalized spacial score (nSPS) is 10.0. The van der Waals surface area contributed by atoms with Crippen LogP contribution in [0.4, 0.5) is 0 Å². The fourth-order valence-corrected chi connectivity index (χ4v) is 0.908. The molecule has 0 N–H and O–H groups in total. The Bertz CT molecular complexity index is 326. The summed E-state index contributed by atoms with van der Waals surface area (Å²) in [5, 5.41) is 8.12. The van der Waals surface area contributed by atoms with Gasteiger partial charge in [0, 0.05) is 0 Å². The van der Waals surface area contributed by atoms with Gasteiger partial charge in [-0.25, -0.2) is 9.97 Å². The Labute approximate surface area is 72.9 Å². The lowest BCUT2D eigenvalue weighted by Gasteiger charge is -1.99. The fourth-order valence-electron chi connectivity index (χ4n) is 0.719. The molecule has 2 aromatic heterocycles. The minimum absolute atomic E-state index is 0.421. The zero-order chi connectivity index (χ0) is 8.39. The van der Waals surface area contributed by atoms with E-state index in [2.05, 4.69) is 20.2 Å². The summed E-state index contributed by atoms with van der Waals surface area (Å²) in [6, 6.07) is 0. The van der Waals surface area contributed by atoms with Gasteiger partial charge in [-0.3, -0.25) is 0 Å². The maximum absolute atomic E-state index is 5.02. The van der Waals surface area contributed by atoms with Crippen LogP contribution in [0.25, 0.3) is 0 Å². The van der Waals surface area contributed by atoms with E-state index in [0.29, 0.717) is 5.11 Å². The van der Waals surface area contributed by atoms with Gasteiger partial charge in [0.1, 0.15) is 25.3 Å². The van der Waals surface area contributed by atoms with E-state index in [0.717, 1.165) is 0 Å². The van der Waals surface area contributed by atoms with Gasteiger partial charge < -0.3 is 0 Å². The second kappa shape index (κ2) is 2.78. The van der Waals surface area contributed by atoms with Crippen LogP contribution < -0.4 is 0 Å². The Morgan fingerprint density at radius 3 is 1.83 bits per heavy atom. The van der Waals surface area contributed by atoms with Gasteiger partial charge in [0.2, 0.25) is 5.11 Å². The minimum Gasteiger partial charge on any atom is -0.223 e. The van der Waals surface area contributed by atoms with Crippen LogP contribution in [0, 0.1) is 0 Å². The topological polar surface area (TPSA) is 61.4 Å². The molecule has 0 amide bonds. The molecule has 0 unspecified atom stereocenters. The van der Waals surface area contributed by atoms with Gasteiger partial charge >= 0.3 is 0 Å². The first kappa shape index (κ1) is 7.04. The van der Waals surface area contributed by atoms with E-state index >= 15 is 0 Å². The lowest BCUT2D eigenvalue weighted by Crippen LogP contribution is -2.19. The number of rotatable bonds is 0. The second-order valence-electron chi connectivity index (χ2n) is 1.96. The average Bonchev–Trinajstić information content (AvgIpc) is 2.77. The largest absolute Gasteiger partial charge is 0.224 e. The molecular formula is C5H4N6S. The molecule has 0 aromatic carbocycles. The standard InChI is InChI=1S/C5H4N6S/c12-5(10-3-6-1-8-10)11-4-7-2-9-11/h1-4H. The molecule has 12 heavy (non-hydrogen) atoms. The van der Waals surface area contributed by atoms with Gasteiger partial charge in [0.15, 0.2) is 0 Å². The van der Waals surface area contributed by atoms with E-state index in [-0.39, 0.29) is 0 Å². The van der Waals surface area contributed by atoms with Gasteiger partial charge in [-0.1, -0.05) is 0 Å². The first-order chi connectivity index (χ1) is 5.88. The van der Waals surface area contributed by atoms with Crippen LogP contribution in [0.15, 0.2) is 25.3 Å². The van der Waals surface area contributed by atoms with Gasteiger partial charge in [0.05, 0.1) is 0 Å².